The molecule has 3 N–H and O–H groups in total. The molecule has 2 aromatic rings. The highest BCUT2D eigenvalue weighted by Crippen LogP contribution is 2.35. The van der Waals surface area contributed by atoms with Crippen LogP contribution in [0.4, 0.5) is 0 Å². The fraction of sp³-hybridized carbons (Fsp3) is 0.250. The van der Waals surface area contributed by atoms with E-state index in [0.717, 1.165) is 15.8 Å². The first-order valence-corrected chi connectivity index (χ1v) is 7.71. The quantitative estimate of drug-likeness (QED) is 0.839. The van der Waals surface area contributed by atoms with E-state index in [1.54, 1.807) is 13.2 Å². The van der Waals surface area contributed by atoms with E-state index in [-0.39, 0.29) is 5.92 Å². The second-order valence-electron chi connectivity index (χ2n) is 4.73. The zero-order chi connectivity index (χ0) is 15.4. The number of ether oxygens (including phenoxy) is 1. The first-order valence-electron chi connectivity index (χ1n) is 6.54. The van der Waals surface area contributed by atoms with Crippen molar-refractivity contribution in [3.8, 4) is 5.75 Å². The Labute approximate surface area is 137 Å². The van der Waals surface area contributed by atoms with Gasteiger partial charge in [0, 0.05) is 22.0 Å². The van der Waals surface area contributed by atoms with Crippen LogP contribution in [0.3, 0.4) is 0 Å². The summed E-state index contributed by atoms with van der Waals surface area (Å²) in [5, 5.41) is 11.1. The van der Waals surface area contributed by atoms with Crippen molar-refractivity contribution < 1.29 is 9.84 Å². The minimum Gasteiger partial charge on any atom is -0.497 e. The summed E-state index contributed by atoms with van der Waals surface area (Å²) in [6.07, 6.45) is -0.760. The first-order chi connectivity index (χ1) is 10.1. The van der Waals surface area contributed by atoms with Crippen molar-refractivity contribution >= 4 is 27.5 Å². The standard InChI is InChI=1S/C16H17BrClNO2/c1-21-12-5-2-10(3-6-12)14(9-19)16(20)13-7-4-11(17)8-15(13)18/h2-8,14,16,20H,9,19H2,1H3. The second-order valence-corrected chi connectivity index (χ2v) is 6.05. The Hall–Kier alpha value is -1.07. The van der Waals surface area contributed by atoms with E-state index < -0.39 is 6.10 Å². The van der Waals surface area contributed by atoms with Gasteiger partial charge in [0.25, 0.3) is 0 Å². The van der Waals surface area contributed by atoms with Gasteiger partial charge in [-0.2, -0.15) is 0 Å². The lowest BCUT2D eigenvalue weighted by atomic mass is 9.89. The van der Waals surface area contributed by atoms with Crippen LogP contribution in [0.1, 0.15) is 23.1 Å². The molecule has 0 aromatic heterocycles. The number of nitrogens with two attached hydrogens (primary N) is 1. The monoisotopic (exact) mass is 369 g/mol. The summed E-state index contributed by atoms with van der Waals surface area (Å²) in [6.45, 7) is 0.319. The van der Waals surface area contributed by atoms with Gasteiger partial charge in [-0.3, -0.25) is 0 Å². The normalized spacial score (nSPS) is 13.8. The molecule has 0 amide bonds. The Balaban J connectivity index is 2.30. The van der Waals surface area contributed by atoms with Gasteiger partial charge in [0.05, 0.1) is 13.2 Å². The Morgan fingerprint density at radius 1 is 1.24 bits per heavy atom. The van der Waals surface area contributed by atoms with Crippen molar-refractivity contribution in [1.29, 1.82) is 0 Å². The molecule has 0 fully saturated rings. The minimum absolute atomic E-state index is 0.227. The molecule has 2 unspecified atom stereocenters. The predicted octanol–water partition coefficient (Wildman–Crippen LogP) is 3.89. The Kier molecular flexibility index (Phi) is 5.65. The molecule has 0 heterocycles. The number of aliphatic hydroxyl groups excluding tert-OH is 1. The number of aliphatic hydroxyl groups is 1. The van der Waals surface area contributed by atoms with Gasteiger partial charge >= 0.3 is 0 Å². The van der Waals surface area contributed by atoms with Crippen molar-refractivity contribution in [3.05, 3.63) is 63.1 Å². The topological polar surface area (TPSA) is 55.5 Å². The van der Waals surface area contributed by atoms with Crippen LogP contribution in [0.25, 0.3) is 0 Å². The number of hydrogen-bond donors (Lipinski definition) is 2. The van der Waals surface area contributed by atoms with Gasteiger partial charge in [-0.25, -0.2) is 0 Å². The number of rotatable bonds is 5. The van der Waals surface area contributed by atoms with Crippen LogP contribution >= 0.6 is 27.5 Å². The molecule has 0 saturated carbocycles. The highest BCUT2D eigenvalue weighted by Gasteiger charge is 2.23. The fourth-order valence-electron chi connectivity index (χ4n) is 2.26. The van der Waals surface area contributed by atoms with Crippen LogP contribution in [0.15, 0.2) is 46.9 Å². The molecule has 0 spiro atoms. The van der Waals surface area contributed by atoms with Crippen LogP contribution in [0.2, 0.25) is 5.02 Å². The third kappa shape index (κ3) is 3.77. The molecule has 2 rings (SSSR count). The van der Waals surface area contributed by atoms with Gasteiger partial charge < -0.3 is 15.6 Å². The van der Waals surface area contributed by atoms with E-state index in [0.29, 0.717) is 17.1 Å². The number of benzene rings is 2. The van der Waals surface area contributed by atoms with Crippen molar-refractivity contribution in [3.63, 3.8) is 0 Å². The number of methoxy groups -OCH3 is 1. The minimum atomic E-state index is -0.760. The smallest absolute Gasteiger partial charge is 0.118 e. The summed E-state index contributed by atoms with van der Waals surface area (Å²) >= 11 is 9.57. The highest BCUT2D eigenvalue weighted by molar-refractivity contribution is 9.10. The van der Waals surface area contributed by atoms with E-state index in [4.69, 9.17) is 22.1 Å². The molecule has 0 radical (unpaired) electrons. The van der Waals surface area contributed by atoms with Crippen molar-refractivity contribution in [2.45, 2.75) is 12.0 Å². The van der Waals surface area contributed by atoms with E-state index in [1.165, 1.54) is 0 Å². The first kappa shape index (κ1) is 16.3. The van der Waals surface area contributed by atoms with Gasteiger partial charge in [-0.15, -0.1) is 0 Å². The zero-order valence-corrected chi connectivity index (χ0v) is 13.9. The van der Waals surface area contributed by atoms with E-state index in [1.807, 2.05) is 36.4 Å². The molecule has 0 aliphatic rings. The Bertz CT molecular complexity index is 604. The van der Waals surface area contributed by atoms with Gasteiger partial charge in [-0.05, 0) is 35.4 Å². The van der Waals surface area contributed by atoms with Crippen LogP contribution in [-0.4, -0.2) is 18.8 Å². The maximum atomic E-state index is 10.6. The van der Waals surface area contributed by atoms with Crippen LogP contribution in [0, 0.1) is 0 Å². The molecular formula is C16H17BrClNO2. The average molecular weight is 371 g/mol. The van der Waals surface area contributed by atoms with Crippen molar-refractivity contribution in [2.75, 3.05) is 13.7 Å². The summed E-state index contributed by atoms with van der Waals surface area (Å²) in [7, 11) is 1.62. The van der Waals surface area contributed by atoms with Crippen LogP contribution in [0.5, 0.6) is 5.75 Å². The van der Waals surface area contributed by atoms with Gasteiger partial charge in [0.2, 0.25) is 0 Å². The summed E-state index contributed by atoms with van der Waals surface area (Å²) in [5.74, 6) is 0.542. The van der Waals surface area contributed by atoms with E-state index in [9.17, 15) is 5.11 Å². The molecule has 2 aromatic carbocycles. The average Bonchev–Trinajstić information content (AvgIpc) is 2.48. The molecule has 0 saturated heterocycles. The molecule has 0 bridgehead atoms. The van der Waals surface area contributed by atoms with Crippen molar-refractivity contribution in [1.82, 2.24) is 0 Å². The second kappa shape index (κ2) is 7.27. The molecule has 2 atom stereocenters. The molecule has 0 aliphatic carbocycles. The largest absolute Gasteiger partial charge is 0.497 e. The van der Waals surface area contributed by atoms with Crippen LogP contribution < -0.4 is 10.5 Å². The molecular weight excluding hydrogens is 354 g/mol. The molecule has 21 heavy (non-hydrogen) atoms. The number of halogens is 2. The SMILES string of the molecule is COc1ccc(C(CN)C(O)c2ccc(Br)cc2Cl)cc1. The van der Waals surface area contributed by atoms with Gasteiger partial charge in [-0.1, -0.05) is 45.7 Å². The van der Waals surface area contributed by atoms with Crippen LogP contribution in [-0.2, 0) is 0 Å². The molecule has 0 aliphatic heterocycles. The van der Waals surface area contributed by atoms with E-state index >= 15 is 0 Å². The lowest BCUT2D eigenvalue weighted by molar-refractivity contribution is 0.147. The highest BCUT2D eigenvalue weighted by atomic mass is 79.9. The lowest BCUT2D eigenvalue weighted by Crippen LogP contribution is -2.20. The van der Waals surface area contributed by atoms with Gasteiger partial charge in [0.1, 0.15) is 5.75 Å². The summed E-state index contributed by atoms with van der Waals surface area (Å²) in [6, 6.07) is 13.0. The third-order valence-corrected chi connectivity index (χ3v) is 4.28. The van der Waals surface area contributed by atoms with Crippen molar-refractivity contribution in [2.24, 2.45) is 5.73 Å². The fourth-order valence-corrected chi connectivity index (χ4v) is 3.04. The predicted molar refractivity (Wildman–Crippen MR) is 88.9 cm³/mol. The molecule has 112 valence electrons. The van der Waals surface area contributed by atoms with E-state index in [2.05, 4.69) is 15.9 Å². The van der Waals surface area contributed by atoms with Gasteiger partial charge in [0.15, 0.2) is 0 Å². The molecule has 5 heteroatoms. The number of hydrogen-bond acceptors (Lipinski definition) is 3. The Morgan fingerprint density at radius 3 is 2.43 bits per heavy atom. The lowest BCUT2D eigenvalue weighted by Gasteiger charge is -2.23. The summed E-state index contributed by atoms with van der Waals surface area (Å²) in [4.78, 5) is 0. The molecule has 3 nitrogen and oxygen atoms in total. The summed E-state index contributed by atoms with van der Waals surface area (Å²) in [5.41, 5.74) is 7.47. The Morgan fingerprint density at radius 2 is 1.90 bits per heavy atom. The summed E-state index contributed by atoms with van der Waals surface area (Å²) < 4.78 is 6.01. The maximum absolute atomic E-state index is 10.6. The zero-order valence-electron chi connectivity index (χ0n) is 11.6. The third-order valence-electron chi connectivity index (χ3n) is 3.46. The maximum Gasteiger partial charge on any atom is 0.118 e.